The maximum Gasteiger partial charge on any atom is 0.251 e. The molecule has 2 aromatic rings. The van der Waals surface area contributed by atoms with Crippen LogP contribution in [0.2, 0.25) is 0 Å². The van der Waals surface area contributed by atoms with Crippen LogP contribution in [0.3, 0.4) is 0 Å². The third-order valence-electron chi connectivity index (χ3n) is 3.03. The summed E-state index contributed by atoms with van der Waals surface area (Å²) in [5.74, 6) is 0.0917. The molecule has 1 amide bonds. The summed E-state index contributed by atoms with van der Waals surface area (Å²) in [6.07, 6.45) is 0. The zero-order valence-electron chi connectivity index (χ0n) is 12.2. The molecule has 0 aliphatic carbocycles. The number of aromatic nitrogens is 1. The van der Waals surface area contributed by atoms with E-state index >= 15 is 0 Å². The molecule has 2 rings (SSSR count). The lowest BCUT2D eigenvalue weighted by Crippen LogP contribution is -2.22. The van der Waals surface area contributed by atoms with Crippen LogP contribution in [-0.2, 0) is 6.54 Å². The lowest BCUT2D eigenvalue weighted by atomic mass is 10.2. The van der Waals surface area contributed by atoms with E-state index < -0.39 is 0 Å². The summed E-state index contributed by atoms with van der Waals surface area (Å²) >= 11 is 0. The minimum absolute atomic E-state index is 0.0814. The van der Waals surface area contributed by atoms with Crippen LogP contribution in [0.15, 0.2) is 36.4 Å². The fraction of sp³-hybridized carbons (Fsp3) is 0.250. The van der Waals surface area contributed by atoms with E-state index in [4.69, 9.17) is 0 Å². The number of carbonyl (C=O) groups is 1. The zero-order valence-corrected chi connectivity index (χ0v) is 12.2. The van der Waals surface area contributed by atoms with Crippen molar-refractivity contribution in [1.29, 1.82) is 0 Å². The van der Waals surface area contributed by atoms with Gasteiger partial charge in [0.05, 0.1) is 6.54 Å². The number of hydrogen-bond donors (Lipinski definition) is 3. The Balaban J connectivity index is 2.00. The highest BCUT2D eigenvalue weighted by Gasteiger charge is 2.05. The van der Waals surface area contributed by atoms with Crippen LogP contribution >= 0.6 is 0 Å². The summed E-state index contributed by atoms with van der Waals surface area (Å²) < 4.78 is 0. The Hall–Kier alpha value is -2.56. The van der Waals surface area contributed by atoms with E-state index in [0.29, 0.717) is 24.3 Å². The van der Waals surface area contributed by atoms with Gasteiger partial charge in [0.15, 0.2) is 0 Å². The van der Waals surface area contributed by atoms with Crippen molar-refractivity contribution in [2.24, 2.45) is 0 Å². The van der Waals surface area contributed by atoms with E-state index in [1.165, 1.54) is 0 Å². The van der Waals surface area contributed by atoms with Gasteiger partial charge in [0.1, 0.15) is 11.4 Å². The highest BCUT2D eigenvalue weighted by atomic mass is 16.3. The first kappa shape index (κ1) is 14.8. The zero-order chi connectivity index (χ0) is 15.2. The molecule has 5 nitrogen and oxygen atoms in total. The summed E-state index contributed by atoms with van der Waals surface area (Å²) in [6.45, 7) is 4.80. The quantitative estimate of drug-likeness (QED) is 0.789. The first-order valence-electron chi connectivity index (χ1n) is 6.87. The van der Waals surface area contributed by atoms with Crippen LogP contribution in [0.5, 0.6) is 5.75 Å². The molecule has 0 saturated carbocycles. The van der Waals surface area contributed by atoms with Gasteiger partial charge in [0, 0.05) is 23.5 Å². The molecular weight excluding hydrogens is 266 g/mol. The molecule has 0 aliphatic rings. The SMILES string of the molecule is CCNC(=O)c1ccc(NCc2nc(C)ccc2O)cc1. The average Bonchev–Trinajstić information content (AvgIpc) is 2.49. The number of aryl methyl sites for hydroxylation is 1. The van der Waals surface area contributed by atoms with Crippen molar-refractivity contribution in [3.05, 3.63) is 53.3 Å². The normalized spacial score (nSPS) is 10.2. The summed E-state index contributed by atoms with van der Waals surface area (Å²) in [5, 5.41) is 15.7. The Morgan fingerprint density at radius 2 is 1.90 bits per heavy atom. The second kappa shape index (κ2) is 6.74. The second-order valence-corrected chi connectivity index (χ2v) is 4.71. The van der Waals surface area contributed by atoms with Gasteiger partial charge in [0.2, 0.25) is 0 Å². The average molecular weight is 285 g/mol. The number of anilines is 1. The summed E-state index contributed by atoms with van der Waals surface area (Å²) in [6, 6.07) is 10.6. The maximum absolute atomic E-state index is 11.6. The molecular formula is C16H19N3O2. The topological polar surface area (TPSA) is 74.2 Å². The van der Waals surface area contributed by atoms with Crippen molar-refractivity contribution < 1.29 is 9.90 Å². The van der Waals surface area contributed by atoms with Crippen molar-refractivity contribution in [3.63, 3.8) is 0 Å². The van der Waals surface area contributed by atoms with Crippen LogP contribution in [0.4, 0.5) is 5.69 Å². The molecule has 0 atom stereocenters. The molecule has 3 N–H and O–H groups in total. The first-order chi connectivity index (χ1) is 10.1. The molecule has 0 fully saturated rings. The van der Waals surface area contributed by atoms with Crippen molar-refractivity contribution in [3.8, 4) is 5.75 Å². The molecule has 0 bridgehead atoms. The molecule has 0 unspecified atom stereocenters. The molecule has 5 heteroatoms. The van der Waals surface area contributed by atoms with E-state index in [1.807, 2.05) is 26.0 Å². The number of benzene rings is 1. The predicted octanol–water partition coefficient (Wildman–Crippen LogP) is 2.46. The van der Waals surface area contributed by atoms with Gasteiger partial charge in [-0.05, 0) is 50.2 Å². The highest BCUT2D eigenvalue weighted by molar-refractivity contribution is 5.94. The molecule has 1 heterocycles. The fourth-order valence-electron chi connectivity index (χ4n) is 1.92. The summed E-state index contributed by atoms with van der Waals surface area (Å²) in [7, 11) is 0. The van der Waals surface area contributed by atoms with E-state index in [0.717, 1.165) is 11.4 Å². The third kappa shape index (κ3) is 3.95. The molecule has 110 valence electrons. The molecule has 1 aromatic heterocycles. The summed E-state index contributed by atoms with van der Waals surface area (Å²) in [4.78, 5) is 15.9. The summed E-state index contributed by atoms with van der Waals surface area (Å²) in [5.41, 5.74) is 2.95. The molecule has 0 aliphatic heterocycles. The minimum atomic E-state index is -0.0814. The number of carbonyl (C=O) groups excluding carboxylic acids is 1. The minimum Gasteiger partial charge on any atom is -0.506 e. The van der Waals surface area contributed by atoms with E-state index in [2.05, 4.69) is 15.6 Å². The lowest BCUT2D eigenvalue weighted by Gasteiger charge is -2.09. The van der Waals surface area contributed by atoms with Gasteiger partial charge in [-0.3, -0.25) is 9.78 Å². The monoisotopic (exact) mass is 285 g/mol. The maximum atomic E-state index is 11.6. The molecule has 1 aromatic carbocycles. The number of rotatable bonds is 5. The number of nitrogens with one attached hydrogen (secondary N) is 2. The van der Waals surface area contributed by atoms with Crippen LogP contribution in [0.1, 0.15) is 28.7 Å². The van der Waals surface area contributed by atoms with Crippen molar-refractivity contribution >= 4 is 11.6 Å². The van der Waals surface area contributed by atoms with Crippen molar-refractivity contribution in [2.75, 3.05) is 11.9 Å². The first-order valence-corrected chi connectivity index (χ1v) is 6.87. The van der Waals surface area contributed by atoms with Crippen LogP contribution < -0.4 is 10.6 Å². The van der Waals surface area contributed by atoms with Crippen molar-refractivity contribution in [1.82, 2.24) is 10.3 Å². The third-order valence-corrected chi connectivity index (χ3v) is 3.03. The Morgan fingerprint density at radius 3 is 2.57 bits per heavy atom. The van der Waals surface area contributed by atoms with Gasteiger partial charge >= 0.3 is 0 Å². The van der Waals surface area contributed by atoms with E-state index in [-0.39, 0.29) is 11.7 Å². The number of nitrogens with zero attached hydrogens (tertiary/aromatic N) is 1. The lowest BCUT2D eigenvalue weighted by molar-refractivity contribution is 0.0956. The largest absolute Gasteiger partial charge is 0.506 e. The van der Waals surface area contributed by atoms with Gasteiger partial charge in [0.25, 0.3) is 5.91 Å². The van der Waals surface area contributed by atoms with Gasteiger partial charge in [-0.25, -0.2) is 0 Å². The van der Waals surface area contributed by atoms with Crippen LogP contribution in [0.25, 0.3) is 0 Å². The molecule has 0 radical (unpaired) electrons. The second-order valence-electron chi connectivity index (χ2n) is 4.71. The Labute approximate surface area is 124 Å². The molecule has 21 heavy (non-hydrogen) atoms. The molecule has 0 spiro atoms. The van der Waals surface area contributed by atoms with Crippen LogP contribution in [-0.4, -0.2) is 22.5 Å². The van der Waals surface area contributed by atoms with Gasteiger partial charge in [-0.1, -0.05) is 0 Å². The van der Waals surface area contributed by atoms with Gasteiger partial charge < -0.3 is 15.7 Å². The number of pyridine rings is 1. The fourth-order valence-corrected chi connectivity index (χ4v) is 1.92. The predicted molar refractivity (Wildman–Crippen MR) is 82.4 cm³/mol. The van der Waals surface area contributed by atoms with Crippen molar-refractivity contribution in [2.45, 2.75) is 20.4 Å². The number of amides is 1. The highest BCUT2D eigenvalue weighted by Crippen LogP contribution is 2.17. The smallest absolute Gasteiger partial charge is 0.251 e. The van der Waals surface area contributed by atoms with E-state index in [9.17, 15) is 9.90 Å². The van der Waals surface area contributed by atoms with Gasteiger partial charge in [-0.2, -0.15) is 0 Å². The Kier molecular flexibility index (Phi) is 4.77. The Morgan fingerprint density at radius 1 is 1.19 bits per heavy atom. The number of hydrogen-bond acceptors (Lipinski definition) is 4. The van der Waals surface area contributed by atoms with Crippen LogP contribution in [0, 0.1) is 6.92 Å². The number of aromatic hydroxyl groups is 1. The molecule has 0 saturated heterocycles. The van der Waals surface area contributed by atoms with E-state index in [1.54, 1.807) is 24.3 Å². The van der Waals surface area contributed by atoms with Gasteiger partial charge in [-0.15, -0.1) is 0 Å². The standard InChI is InChI=1S/C16H19N3O2/c1-3-17-16(21)12-5-7-13(8-6-12)18-10-14-15(20)9-4-11(2)19-14/h4-9,18,20H,3,10H2,1-2H3,(H,17,21). The Bertz CT molecular complexity index is 624.